The molecular weight excluding hydrogens is 356 g/mol. The summed E-state index contributed by atoms with van der Waals surface area (Å²) in [6.45, 7) is 4.97. The largest absolute Gasteiger partial charge is 0.394 e. The number of aliphatic hydroxyl groups is 5. The molecule has 0 aromatic heterocycles. The van der Waals surface area contributed by atoms with Gasteiger partial charge in [-0.2, -0.15) is 0 Å². The SMILES string of the molecule is CC(=O)CCC1=C(C)C[C@@H](O)C[C@]1(C)CO[C@@H]1O[C@H](CO)[C@@H](O)[C@@H](O)[C@@H]1O. The summed E-state index contributed by atoms with van der Waals surface area (Å²) in [5, 5.41) is 49.4. The normalized spacial score (nSPS) is 40.3. The highest BCUT2D eigenvalue weighted by molar-refractivity contribution is 5.75. The molecular formula is C19H32O8. The molecule has 0 bridgehead atoms. The van der Waals surface area contributed by atoms with E-state index in [9.17, 15) is 30.3 Å². The number of carbonyl (C=O) groups excluding carboxylic acids is 1. The first-order valence-corrected chi connectivity index (χ1v) is 9.37. The minimum atomic E-state index is -1.50. The van der Waals surface area contributed by atoms with E-state index >= 15 is 0 Å². The fraction of sp³-hybridized carbons (Fsp3) is 0.842. The zero-order valence-corrected chi connectivity index (χ0v) is 16.2. The van der Waals surface area contributed by atoms with Gasteiger partial charge < -0.3 is 39.8 Å². The highest BCUT2D eigenvalue weighted by Crippen LogP contribution is 2.43. The van der Waals surface area contributed by atoms with E-state index in [2.05, 4.69) is 0 Å². The molecule has 0 aromatic rings. The van der Waals surface area contributed by atoms with Crippen molar-refractivity contribution in [3.63, 3.8) is 0 Å². The van der Waals surface area contributed by atoms with Crippen molar-refractivity contribution in [2.75, 3.05) is 13.2 Å². The Bertz CT molecular complexity index is 560. The van der Waals surface area contributed by atoms with Crippen molar-refractivity contribution in [2.45, 2.75) is 83.3 Å². The molecule has 7 atom stereocenters. The standard InChI is InChI=1S/C19H32O8/c1-10-6-12(22)7-19(3,13(10)5-4-11(2)21)9-26-18-17(25)16(24)15(23)14(8-20)27-18/h12,14-18,20,22-25H,4-9H2,1-3H3/t12-,14-,15-,16-,17+,18-,19-/m1/s1. The van der Waals surface area contributed by atoms with Gasteiger partial charge in [-0.15, -0.1) is 0 Å². The molecule has 1 heterocycles. The number of rotatable bonds is 7. The highest BCUT2D eigenvalue weighted by Gasteiger charge is 2.45. The van der Waals surface area contributed by atoms with E-state index in [-0.39, 0.29) is 12.4 Å². The first kappa shape index (κ1) is 22.4. The third-order valence-corrected chi connectivity index (χ3v) is 5.61. The van der Waals surface area contributed by atoms with Crippen molar-refractivity contribution >= 4 is 5.78 Å². The fourth-order valence-electron chi connectivity index (χ4n) is 4.14. The van der Waals surface area contributed by atoms with Crippen LogP contribution in [-0.4, -0.2) is 81.3 Å². The molecule has 27 heavy (non-hydrogen) atoms. The highest BCUT2D eigenvalue weighted by atomic mass is 16.7. The van der Waals surface area contributed by atoms with Crippen LogP contribution in [0.5, 0.6) is 0 Å². The van der Waals surface area contributed by atoms with Crippen molar-refractivity contribution in [1.82, 2.24) is 0 Å². The van der Waals surface area contributed by atoms with Gasteiger partial charge in [-0.05, 0) is 33.1 Å². The summed E-state index contributed by atoms with van der Waals surface area (Å²) in [6, 6.07) is 0. The van der Waals surface area contributed by atoms with E-state index in [0.29, 0.717) is 25.7 Å². The molecule has 0 radical (unpaired) electrons. The smallest absolute Gasteiger partial charge is 0.186 e. The monoisotopic (exact) mass is 388 g/mol. The Balaban J connectivity index is 2.12. The molecule has 1 aliphatic carbocycles. The van der Waals surface area contributed by atoms with Gasteiger partial charge in [-0.1, -0.05) is 18.1 Å². The number of ether oxygens (including phenoxy) is 2. The summed E-state index contributed by atoms with van der Waals surface area (Å²) in [5.41, 5.74) is 1.51. The van der Waals surface area contributed by atoms with Crippen molar-refractivity contribution < 1.29 is 39.8 Å². The number of carbonyl (C=O) groups is 1. The van der Waals surface area contributed by atoms with Crippen LogP contribution in [0.1, 0.15) is 46.5 Å². The Morgan fingerprint density at radius 1 is 1.22 bits per heavy atom. The molecule has 0 amide bonds. The molecule has 1 saturated heterocycles. The van der Waals surface area contributed by atoms with Gasteiger partial charge in [-0.25, -0.2) is 0 Å². The van der Waals surface area contributed by atoms with Gasteiger partial charge in [0.25, 0.3) is 0 Å². The predicted octanol–water partition coefficient (Wildman–Crippen LogP) is -0.350. The first-order chi connectivity index (χ1) is 12.6. The lowest BCUT2D eigenvalue weighted by Gasteiger charge is -2.43. The Kier molecular flexibility index (Phi) is 7.54. The lowest BCUT2D eigenvalue weighted by Crippen LogP contribution is -2.59. The maximum Gasteiger partial charge on any atom is 0.186 e. The molecule has 156 valence electrons. The maximum absolute atomic E-state index is 11.4. The van der Waals surface area contributed by atoms with E-state index in [1.54, 1.807) is 0 Å². The Morgan fingerprint density at radius 2 is 1.89 bits per heavy atom. The van der Waals surface area contributed by atoms with Crippen LogP contribution in [0.3, 0.4) is 0 Å². The number of hydrogen-bond acceptors (Lipinski definition) is 8. The quantitative estimate of drug-likeness (QED) is 0.373. The number of hydrogen-bond donors (Lipinski definition) is 5. The molecule has 1 fully saturated rings. The molecule has 5 N–H and O–H groups in total. The second-order valence-electron chi connectivity index (χ2n) is 8.09. The zero-order valence-electron chi connectivity index (χ0n) is 16.2. The summed E-state index contributed by atoms with van der Waals surface area (Å²) in [6.07, 6.45) is -5.23. The molecule has 0 unspecified atom stereocenters. The Labute approximate surface area is 159 Å². The average molecular weight is 388 g/mol. The summed E-state index contributed by atoms with van der Waals surface area (Å²) < 4.78 is 11.1. The van der Waals surface area contributed by atoms with Gasteiger partial charge in [-0.3, -0.25) is 0 Å². The number of aliphatic hydroxyl groups excluding tert-OH is 5. The van der Waals surface area contributed by atoms with Gasteiger partial charge >= 0.3 is 0 Å². The molecule has 8 heteroatoms. The van der Waals surface area contributed by atoms with Crippen LogP contribution in [0.4, 0.5) is 0 Å². The van der Waals surface area contributed by atoms with Crippen LogP contribution < -0.4 is 0 Å². The summed E-state index contributed by atoms with van der Waals surface area (Å²) >= 11 is 0. The van der Waals surface area contributed by atoms with Gasteiger partial charge in [0.05, 0.1) is 19.3 Å². The van der Waals surface area contributed by atoms with Gasteiger partial charge in [0.15, 0.2) is 6.29 Å². The third kappa shape index (κ3) is 5.14. The van der Waals surface area contributed by atoms with Gasteiger partial charge in [0, 0.05) is 11.8 Å². The molecule has 2 rings (SSSR count). The van der Waals surface area contributed by atoms with Crippen LogP contribution in [0, 0.1) is 5.41 Å². The minimum Gasteiger partial charge on any atom is -0.394 e. The first-order valence-electron chi connectivity index (χ1n) is 9.37. The van der Waals surface area contributed by atoms with Crippen molar-refractivity contribution in [2.24, 2.45) is 5.41 Å². The van der Waals surface area contributed by atoms with E-state index < -0.39 is 48.8 Å². The van der Waals surface area contributed by atoms with Crippen molar-refractivity contribution in [1.29, 1.82) is 0 Å². The van der Waals surface area contributed by atoms with E-state index in [1.807, 2.05) is 13.8 Å². The minimum absolute atomic E-state index is 0.0821. The molecule has 0 saturated carbocycles. The summed E-state index contributed by atoms with van der Waals surface area (Å²) in [4.78, 5) is 11.4. The van der Waals surface area contributed by atoms with Crippen LogP contribution in [0.15, 0.2) is 11.1 Å². The summed E-state index contributed by atoms with van der Waals surface area (Å²) in [7, 11) is 0. The predicted molar refractivity (Wildman–Crippen MR) is 95.7 cm³/mol. The lowest BCUT2D eigenvalue weighted by atomic mass is 9.69. The molecule has 0 spiro atoms. The lowest BCUT2D eigenvalue weighted by molar-refractivity contribution is -0.305. The maximum atomic E-state index is 11.4. The molecule has 0 aromatic carbocycles. The fourth-order valence-corrected chi connectivity index (χ4v) is 4.14. The van der Waals surface area contributed by atoms with Crippen LogP contribution >= 0.6 is 0 Å². The topological polar surface area (TPSA) is 137 Å². The Hall–Kier alpha value is -0.870. The average Bonchev–Trinajstić information content (AvgIpc) is 2.58. The second kappa shape index (κ2) is 9.09. The number of Topliss-reactive ketones (excluding diaryl/α,β-unsaturated/α-hetero) is 1. The number of ketones is 1. The van der Waals surface area contributed by atoms with E-state index in [1.165, 1.54) is 6.92 Å². The Morgan fingerprint density at radius 3 is 2.48 bits per heavy atom. The second-order valence-corrected chi connectivity index (χ2v) is 8.09. The van der Waals surface area contributed by atoms with Crippen LogP contribution in [0.25, 0.3) is 0 Å². The van der Waals surface area contributed by atoms with E-state index in [0.717, 1.165) is 11.1 Å². The summed E-state index contributed by atoms with van der Waals surface area (Å²) in [5.74, 6) is 0.0821. The zero-order chi connectivity index (χ0) is 20.4. The van der Waals surface area contributed by atoms with Crippen LogP contribution in [-0.2, 0) is 14.3 Å². The molecule has 1 aliphatic heterocycles. The van der Waals surface area contributed by atoms with Crippen LogP contribution in [0.2, 0.25) is 0 Å². The molecule has 2 aliphatic rings. The van der Waals surface area contributed by atoms with Crippen molar-refractivity contribution in [3.8, 4) is 0 Å². The van der Waals surface area contributed by atoms with Gasteiger partial charge in [0.2, 0.25) is 0 Å². The third-order valence-electron chi connectivity index (χ3n) is 5.61. The molecule has 8 nitrogen and oxygen atoms in total. The van der Waals surface area contributed by atoms with Crippen molar-refractivity contribution in [3.05, 3.63) is 11.1 Å². The van der Waals surface area contributed by atoms with E-state index in [4.69, 9.17) is 9.47 Å². The van der Waals surface area contributed by atoms with Gasteiger partial charge in [0.1, 0.15) is 30.2 Å².